The fourth-order valence-electron chi connectivity index (χ4n) is 3.25. The number of rotatable bonds is 5. The van der Waals surface area contributed by atoms with Gasteiger partial charge in [-0.15, -0.1) is 0 Å². The van der Waals surface area contributed by atoms with E-state index in [1.165, 1.54) is 32.4 Å². The lowest BCUT2D eigenvalue weighted by molar-refractivity contribution is 0.315. The summed E-state index contributed by atoms with van der Waals surface area (Å²) in [6.07, 6.45) is 10.9. The second-order valence-electron chi connectivity index (χ2n) is 6.38. The molecule has 4 heteroatoms. The molecule has 4 nitrogen and oxygen atoms in total. The topological polar surface area (TPSA) is 39.7 Å². The molecule has 2 fully saturated rings. The maximum absolute atomic E-state index is 4.81. The van der Waals surface area contributed by atoms with Gasteiger partial charge in [0.15, 0.2) is 5.96 Å². The molecule has 0 amide bonds. The first-order chi connectivity index (χ1) is 9.85. The Balaban J connectivity index is 1.46. The van der Waals surface area contributed by atoms with Gasteiger partial charge in [-0.25, -0.2) is 0 Å². The van der Waals surface area contributed by atoms with Gasteiger partial charge in [-0.2, -0.15) is 0 Å². The van der Waals surface area contributed by atoms with Gasteiger partial charge in [0.1, 0.15) is 0 Å². The molecule has 0 aromatic heterocycles. The van der Waals surface area contributed by atoms with E-state index >= 15 is 0 Å². The molecule has 1 unspecified atom stereocenters. The summed E-state index contributed by atoms with van der Waals surface area (Å²) in [6, 6.07) is 1.46. The maximum Gasteiger partial charge on any atom is 0.191 e. The number of hydrogen-bond acceptors (Lipinski definition) is 2. The van der Waals surface area contributed by atoms with Crippen molar-refractivity contribution in [1.29, 1.82) is 0 Å². The van der Waals surface area contributed by atoms with E-state index in [0.717, 1.165) is 43.9 Å². The van der Waals surface area contributed by atoms with Gasteiger partial charge in [-0.05, 0) is 51.5 Å². The third-order valence-corrected chi connectivity index (χ3v) is 4.58. The Morgan fingerprint density at radius 2 is 2.05 bits per heavy atom. The van der Waals surface area contributed by atoms with Crippen molar-refractivity contribution in [1.82, 2.24) is 15.5 Å². The van der Waals surface area contributed by atoms with Crippen LogP contribution >= 0.6 is 0 Å². The van der Waals surface area contributed by atoms with E-state index in [9.17, 15) is 0 Å². The molecule has 1 aliphatic heterocycles. The van der Waals surface area contributed by atoms with Crippen molar-refractivity contribution in [2.24, 2.45) is 10.9 Å². The van der Waals surface area contributed by atoms with Crippen LogP contribution in [-0.4, -0.2) is 49.1 Å². The van der Waals surface area contributed by atoms with E-state index in [4.69, 9.17) is 4.99 Å². The molecule has 2 N–H and O–H groups in total. The Morgan fingerprint density at radius 3 is 2.75 bits per heavy atom. The molecule has 0 radical (unpaired) electrons. The van der Waals surface area contributed by atoms with Gasteiger partial charge >= 0.3 is 0 Å². The Kier molecular flexibility index (Phi) is 4.61. The van der Waals surface area contributed by atoms with E-state index in [0.29, 0.717) is 6.04 Å². The minimum Gasteiger partial charge on any atom is -0.357 e. The SMILES string of the molecule is CCNC(=NCC1CCN(C2CC2)C1)NC1CC=CC1. The molecular weight excluding hydrogens is 248 g/mol. The number of nitrogens with zero attached hydrogens (tertiary/aromatic N) is 2. The van der Waals surface area contributed by atoms with Crippen molar-refractivity contribution in [2.45, 2.75) is 51.1 Å². The first-order valence-electron chi connectivity index (χ1n) is 8.29. The van der Waals surface area contributed by atoms with Crippen molar-refractivity contribution in [2.75, 3.05) is 26.2 Å². The van der Waals surface area contributed by atoms with Gasteiger partial charge in [0.05, 0.1) is 0 Å². The third kappa shape index (κ3) is 3.75. The third-order valence-electron chi connectivity index (χ3n) is 4.58. The van der Waals surface area contributed by atoms with Gasteiger partial charge in [-0.3, -0.25) is 4.99 Å². The van der Waals surface area contributed by atoms with Gasteiger partial charge in [0.2, 0.25) is 0 Å². The van der Waals surface area contributed by atoms with Crippen LogP contribution in [0, 0.1) is 5.92 Å². The van der Waals surface area contributed by atoms with Crippen LogP contribution < -0.4 is 10.6 Å². The summed E-state index contributed by atoms with van der Waals surface area (Å²) < 4.78 is 0. The summed E-state index contributed by atoms with van der Waals surface area (Å²) in [5, 5.41) is 6.93. The molecule has 1 heterocycles. The van der Waals surface area contributed by atoms with Crippen molar-refractivity contribution in [3.8, 4) is 0 Å². The Hall–Kier alpha value is -1.03. The van der Waals surface area contributed by atoms with E-state index in [1.807, 2.05) is 0 Å². The molecule has 0 bridgehead atoms. The van der Waals surface area contributed by atoms with Crippen LogP contribution in [0.1, 0.15) is 39.0 Å². The van der Waals surface area contributed by atoms with Crippen molar-refractivity contribution in [3.63, 3.8) is 0 Å². The second-order valence-corrected chi connectivity index (χ2v) is 6.38. The van der Waals surface area contributed by atoms with Gasteiger partial charge in [0.25, 0.3) is 0 Å². The minimum atomic E-state index is 0.541. The van der Waals surface area contributed by atoms with E-state index in [1.54, 1.807) is 0 Å². The summed E-state index contributed by atoms with van der Waals surface area (Å²) in [5.74, 6) is 1.76. The van der Waals surface area contributed by atoms with Gasteiger partial charge in [-0.1, -0.05) is 12.2 Å². The van der Waals surface area contributed by atoms with Crippen LogP contribution in [0.3, 0.4) is 0 Å². The second kappa shape index (κ2) is 6.61. The molecule has 2 aliphatic carbocycles. The fourth-order valence-corrected chi connectivity index (χ4v) is 3.25. The van der Waals surface area contributed by atoms with Crippen LogP contribution in [0.5, 0.6) is 0 Å². The molecule has 3 rings (SSSR count). The molecule has 0 spiro atoms. The van der Waals surface area contributed by atoms with E-state index in [-0.39, 0.29) is 0 Å². The van der Waals surface area contributed by atoms with Crippen LogP contribution in [0.4, 0.5) is 0 Å². The number of aliphatic imine (C=N–C) groups is 1. The first-order valence-corrected chi connectivity index (χ1v) is 8.29. The number of guanidine groups is 1. The molecule has 1 saturated carbocycles. The van der Waals surface area contributed by atoms with Crippen molar-refractivity contribution < 1.29 is 0 Å². The molecular formula is C16H28N4. The Labute approximate surface area is 122 Å². The molecule has 0 aromatic carbocycles. The zero-order valence-corrected chi connectivity index (χ0v) is 12.6. The molecule has 0 aromatic rings. The highest BCUT2D eigenvalue weighted by atomic mass is 15.2. The zero-order valence-electron chi connectivity index (χ0n) is 12.6. The van der Waals surface area contributed by atoms with Crippen molar-refractivity contribution >= 4 is 5.96 Å². The van der Waals surface area contributed by atoms with Crippen LogP contribution in [-0.2, 0) is 0 Å². The summed E-state index contributed by atoms with van der Waals surface area (Å²) in [5.41, 5.74) is 0. The molecule has 20 heavy (non-hydrogen) atoms. The lowest BCUT2D eigenvalue weighted by Gasteiger charge is -2.18. The van der Waals surface area contributed by atoms with E-state index in [2.05, 4.69) is 34.6 Å². The predicted molar refractivity (Wildman–Crippen MR) is 84.0 cm³/mol. The monoisotopic (exact) mass is 276 g/mol. The standard InChI is InChI=1S/C16H28N4/c1-2-17-16(19-14-5-3-4-6-14)18-11-13-9-10-20(12-13)15-7-8-15/h3-4,13-15H,2,5-12H2,1H3,(H2,17,18,19). The highest BCUT2D eigenvalue weighted by Gasteiger charge is 2.34. The highest BCUT2D eigenvalue weighted by Crippen LogP contribution is 2.31. The van der Waals surface area contributed by atoms with Crippen LogP contribution in [0.25, 0.3) is 0 Å². The zero-order chi connectivity index (χ0) is 13.8. The maximum atomic E-state index is 4.81. The average molecular weight is 276 g/mol. The van der Waals surface area contributed by atoms with Gasteiger partial charge in [0, 0.05) is 31.7 Å². The number of hydrogen-bond donors (Lipinski definition) is 2. The van der Waals surface area contributed by atoms with Crippen molar-refractivity contribution in [3.05, 3.63) is 12.2 Å². The Morgan fingerprint density at radius 1 is 1.25 bits per heavy atom. The smallest absolute Gasteiger partial charge is 0.191 e. The highest BCUT2D eigenvalue weighted by molar-refractivity contribution is 5.80. The van der Waals surface area contributed by atoms with Crippen LogP contribution in [0.2, 0.25) is 0 Å². The summed E-state index contributed by atoms with van der Waals surface area (Å²) in [6.45, 7) is 6.60. The summed E-state index contributed by atoms with van der Waals surface area (Å²) >= 11 is 0. The largest absolute Gasteiger partial charge is 0.357 e. The summed E-state index contributed by atoms with van der Waals surface area (Å²) in [4.78, 5) is 7.48. The fraction of sp³-hybridized carbons (Fsp3) is 0.812. The lowest BCUT2D eigenvalue weighted by Crippen LogP contribution is -2.42. The number of likely N-dealkylation sites (tertiary alicyclic amines) is 1. The van der Waals surface area contributed by atoms with Crippen LogP contribution in [0.15, 0.2) is 17.1 Å². The molecule has 112 valence electrons. The summed E-state index contributed by atoms with van der Waals surface area (Å²) in [7, 11) is 0. The quantitative estimate of drug-likeness (QED) is 0.456. The lowest BCUT2D eigenvalue weighted by atomic mass is 10.1. The predicted octanol–water partition coefficient (Wildman–Crippen LogP) is 1.74. The van der Waals surface area contributed by atoms with Gasteiger partial charge < -0.3 is 15.5 Å². The average Bonchev–Trinajstić information content (AvgIpc) is 2.99. The Bertz CT molecular complexity index is 365. The minimum absolute atomic E-state index is 0.541. The molecule has 1 atom stereocenters. The van der Waals surface area contributed by atoms with E-state index < -0.39 is 0 Å². The first kappa shape index (κ1) is 13.9. The molecule has 3 aliphatic rings. The normalized spacial score (nSPS) is 28.2. The number of nitrogens with one attached hydrogen (secondary N) is 2. The molecule has 1 saturated heterocycles.